The Kier molecular flexibility index (Phi) is 5.96. The number of anilines is 1. The highest BCUT2D eigenvalue weighted by Crippen LogP contribution is 2.43. The van der Waals surface area contributed by atoms with Gasteiger partial charge in [-0.2, -0.15) is 0 Å². The number of hydrogen-bond donors (Lipinski definition) is 1. The SMILES string of the molecule is COc1cc(NC(=O)c2sc3c(cnc4c(F)cccc43)c2-c2ccccc2)cc(OC)c1OC. The lowest BCUT2D eigenvalue weighted by Crippen LogP contribution is -2.11. The molecule has 0 aliphatic heterocycles. The van der Waals surface area contributed by atoms with Crippen molar-refractivity contribution < 1.29 is 23.4 Å². The number of fused-ring (bicyclic) bond motifs is 3. The lowest BCUT2D eigenvalue weighted by Gasteiger charge is -2.14. The highest BCUT2D eigenvalue weighted by atomic mass is 32.1. The van der Waals surface area contributed by atoms with E-state index < -0.39 is 5.82 Å². The molecule has 176 valence electrons. The molecule has 1 amide bonds. The Bertz CT molecular complexity index is 1540. The average molecular weight is 489 g/mol. The molecule has 0 aliphatic carbocycles. The van der Waals surface area contributed by atoms with Crippen LogP contribution >= 0.6 is 11.3 Å². The molecule has 0 bridgehead atoms. The second-order valence-electron chi connectivity index (χ2n) is 7.68. The van der Waals surface area contributed by atoms with Gasteiger partial charge in [0, 0.05) is 45.1 Å². The highest BCUT2D eigenvalue weighted by Gasteiger charge is 2.23. The minimum Gasteiger partial charge on any atom is -0.493 e. The zero-order valence-electron chi connectivity index (χ0n) is 19.2. The van der Waals surface area contributed by atoms with E-state index in [-0.39, 0.29) is 11.4 Å². The molecule has 0 saturated carbocycles. The van der Waals surface area contributed by atoms with E-state index in [9.17, 15) is 9.18 Å². The van der Waals surface area contributed by atoms with Crippen molar-refractivity contribution in [3.63, 3.8) is 0 Å². The fourth-order valence-corrected chi connectivity index (χ4v) is 5.34. The number of aromatic nitrogens is 1. The monoisotopic (exact) mass is 488 g/mol. The molecule has 0 radical (unpaired) electrons. The van der Waals surface area contributed by atoms with E-state index in [4.69, 9.17) is 14.2 Å². The number of carbonyl (C=O) groups excluding carboxylic acids is 1. The summed E-state index contributed by atoms with van der Waals surface area (Å²) >= 11 is 1.31. The van der Waals surface area contributed by atoms with Gasteiger partial charge < -0.3 is 19.5 Å². The molecule has 2 heterocycles. The van der Waals surface area contributed by atoms with Gasteiger partial charge in [-0.1, -0.05) is 42.5 Å². The minimum atomic E-state index is -0.400. The Morgan fingerprint density at radius 1 is 0.914 bits per heavy atom. The molecule has 5 aromatic rings. The Balaban J connectivity index is 1.68. The topological polar surface area (TPSA) is 69.7 Å². The van der Waals surface area contributed by atoms with Crippen LogP contribution in [-0.2, 0) is 0 Å². The van der Waals surface area contributed by atoms with Crippen LogP contribution in [0, 0.1) is 5.82 Å². The van der Waals surface area contributed by atoms with Crippen LogP contribution < -0.4 is 19.5 Å². The van der Waals surface area contributed by atoms with Crippen molar-refractivity contribution in [2.75, 3.05) is 26.6 Å². The Morgan fingerprint density at radius 2 is 1.63 bits per heavy atom. The number of amides is 1. The first-order valence-corrected chi connectivity index (χ1v) is 11.5. The molecule has 35 heavy (non-hydrogen) atoms. The third kappa shape index (κ3) is 3.91. The van der Waals surface area contributed by atoms with Crippen LogP contribution in [0.5, 0.6) is 17.2 Å². The summed E-state index contributed by atoms with van der Waals surface area (Å²) in [6, 6.07) is 17.8. The first-order chi connectivity index (χ1) is 17.0. The molecule has 0 aliphatic rings. The lowest BCUT2D eigenvalue weighted by atomic mass is 10.0. The maximum Gasteiger partial charge on any atom is 0.266 e. The third-order valence-electron chi connectivity index (χ3n) is 5.69. The van der Waals surface area contributed by atoms with Gasteiger partial charge in [-0.05, 0) is 11.6 Å². The molecular formula is C27H21FN2O4S. The Hall–Kier alpha value is -4.17. The lowest BCUT2D eigenvalue weighted by molar-refractivity contribution is 0.103. The number of pyridine rings is 1. The number of methoxy groups -OCH3 is 3. The zero-order valence-corrected chi connectivity index (χ0v) is 20.0. The van der Waals surface area contributed by atoms with E-state index in [2.05, 4.69) is 10.3 Å². The number of hydrogen-bond acceptors (Lipinski definition) is 6. The summed E-state index contributed by atoms with van der Waals surface area (Å²) in [5.41, 5.74) is 2.37. The summed E-state index contributed by atoms with van der Waals surface area (Å²) in [5.74, 6) is 0.561. The van der Waals surface area contributed by atoms with Crippen molar-refractivity contribution in [3.05, 3.63) is 77.6 Å². The van der Waals surface area contributed by atoms with E-state index in [1.807, 2.05) is 36.4 Å². The number of thiophene rings is 1. The minimum absolute atomic E-state index is 0.275. The molecule has 0 spiro atoms. The van der Waals surface area contributed by atoms with Gasteiger partial charge in [-0.25, -0.2) is 4.39 Å². The van der Waals surface area contributed by atoms with Gasteiger partial charge in [-0.15, -0.1) is 11.3 Å². The normalized spacial score (nSPS) is 11.0. The first-order valence-electron chi connectivity index (χ1n) is 10.7. The fraction of sp³-hybridized carbons (Fsp3) is 0.111. The van der Waals surface area contributed by atoms with Crippen LogP contribution in [0.2, 0.25) is 0 Å². The number of ether oxygens (including phenoxy) is 3. The molecule has 0 unspecified atom stereocenters. The van der Waals surface area contributed by atoms with Crippen molar-refractivity contribution in [2.24, 2.45) is 0 Å². The number of nitrogens with zero attached hydrogens (tertiary/aromatic N) is 1. The molecular weight excluding hydrogens is 467 g/mol. The van der Waals surface area contributed by atoms with Crippen molar-refractivity contribution >= 4 is 43.9 Å². The summed E-state index contributed by atoms with van der Waals surface area (Å²) in [4.78, 5) is 18.5. The average Bonchev–Trinajstić information content (AvgIpc) is 3.29. The number of rotatable bonds is 6. The molecule has 5 rings (SSSR count). The number of benzene rings is 3. The van der Waals surface area contributed by atoms with Crippen molar-refractivity contribution in [3.8, 4) is 28.4 Å². The number of halogens is 1. The van der Waals surface area contributed by atoms with Gasteiger partial charge in [0.1, 0.15) is 16.2 Å². The van der Waals surface area contributed by atoms with Gasteiger partial charge in [-0.3, -0.25) is 9.78 Å². The molecule has 2 aromatic heterocycles. The predicted molar refractivity (Wildman–Crippen MR) is 137 cm³/mol. The van der Waals surface area contributed by atoms with Crippen LogP contribution in [0.3, 0.4) is 0 Å². The number of carbonyl (C=O) groups is 1. The molecule has 0 atom stereocenters. The largest absolute Gasteiger partial charge is 0.493 e. The molecule has 0 saturated heterocycles. The molecule has 1 N–H and O–H groups in total. The van der Waals surface area contributed by atoms with Crippen LogP contribution in [-0.4, -0.2) is 32.2 Å². The van der Waals surface area contributed by atoms with Gasteiger partial charge in [0.25, 0.3) is 5.91 Å². The summed E-state index contributed by atoms with van der Waals surface area (Å²) in [6.45, 7) is 0. The highest BCUT2D eigenvalue weighted by molar-refractivity contribution is 7.22. The van der Waals surface area contributed by atoms with E-state index in [1.165, 1.54) is 38.7 Å². The fourth-order valence-electron chi connectivity index (χ4n) is 4.12. The Morgan fingerprint density at radius 3 is 2.29 bits per heavy atom. The van der Waals surface area contributed by atoms with Crippen LogP contribution in [0.4, 0.5) is 10.1 Å². The van der Waals surface area contributed by atoms with E-state index in [0.717, 1.165) is 21.2 Å². The number of nitrogens with one attached hydrogen (secondary N) is 1. The maximum atomic E-state index is 14.4. The molecule has 8 heteroatoms. The zero-order chi connectivity index (χ0) is 24.5. The summed E-state index contributed by atoms with van der Waals surface area (Å²) in [6.07, 6.45) is 1.63. The van der Waals surface area contributed by atoms with Gasteiger partial charge in [0.05, 0.1) is 21.3 Å². The summed E-state index contributed by atoms with van der Waals surface area (Å²) in [5, 5.41) is 4.40. The van der Waals surface area contributed by atoms with Crippen molar-refractivity contribution in [1.82, 2.24) is 4.98 Å². The predicted octanol–water partition coefficient (Wildman–Crippen LogP) is 6.53. The van der Waals surface area contributed by atoms with Gasteiger partial charge >= 0.3 is 0 Å². The van der Waals surface area contributed by atoms with Crippen LogP contribution in [0.25, 0.3) is 32.1 Å². The molecule has 6 nitrogen and oxygen atoms in total. The van der Waals surface area contributed by atoms with Gasteiger partial charge in [0.2, 0.25) is 5.75 Å². The van der Waals surface area contributed by atoms with Crippen molar-refractivity contribution in [1.29, 1.82) is 0 Å². The summed E-state index contributed by atoms with van der Waals surface area (Å²) in [7, 11) is 4.54. The van der Waals surface area contributed by atoms with Crippen molar-refractivity contribution in [2.45, 2.75) is 0 Å². The van der Waals surface area contributed by atoms with Crippen LogP contribution in [0.1, 0.15) is 9.67 Å². The quantitative estimate of drug-likeness (QED) is 0.294. The second kappa shape index (κ2) is 9.23. The van der Waals surface area contributed by atoms with E-state index >= 15 is 0 Å². The van der Waals surface area contributed by atoms with E-state index in [1.54, 1.807) is 24.4 Å². The third-order valence-corrected chi connectivity index (χ3v) is 6.93. The molecule has 3 aromatic carbocycles. The first kappa shape index (κ1) is 22.6. The molecule has 0 fully saturated rings. The summed E-state index contributed by atoms with van der Waals surface area (Å²) < 4.78 is 31.4. The smallest absolute Gasteiger partial charge is 0.266 e. The Labute approximate surface area is 204 Å². The van der Waals surface area contributed by atoms with Crippen LogP contribution in [0.15, 0.2) is 66.9 Å². The standard InChI is InChI=1S/C27H21FN2O4S/c1-32-20-12-16(13-21(33-2)24(20)34-3)30-27(31)26-22(15-8-5-4-6-9-15)18-14-29-23-17(25(18)35-26)10-7-11-19(23)28/h4-14H,1-3H3,(H,30,31). The van der Waals surface area contributed by atoms with Gasteiger partial charge in [0.15, 0.2) is 11.5 Å². The second-order valence-corrected chi connectivity index (χ2v) is 8.70. The number of para-hydroxylation sites is 1. The van der Waals surface area contributed by atoms with E-state index in [0.29, 0.717) is 33.2 Å². The maximum absolute atomic E-state index is 14.4.